The second-order valence-electron chi connectivity index (χ2n) is 4.87. The Hall–Kier alpha value is -0.0800. The minimum atomic E-state index is -0.0536. The van der Waals surface area contributed by atoms with Crippen LogP contribution in [0.4, 0.5) is 0 Å². The number of aliphatic hydroxyl groups is 1. The fourth-order valence-electron chi connectivity index (χ4n) is 2.07. The molecule has 2 heteroatoms. The highest BCUT2D eigenvalue weighted by atomic mass is 16.3. The summed E-state index contributed by atoms with van der Waals surface area (Å²) in [7, 11) is 2.15. The van der Waals surface area contributed by atoms with Gasteiger partial charge in [0.15, 0.2) is 0 Å². The van der Waals surface area contributed by atoms with E-state index in [2.05, 4.69) is 25.8 Å². The maximum atomic E-state index is 9.25. The number of likely N-dealkylation sites (N-methyl/N-ethyl adjacent to an activating group) is 1. The van der Waals surface area contributed by atoms with Crippen molar-refractivity contribution >= 4 is 0 Å². The van der Waals surface area contributed by atoms with E-state index in [1.54, 1.807) is 0 Å². The Morgan fingerprint density at radius 1 is 1.23 bits per heavy atom. The molecule has 1 rings (SSSR count). The van der Waals surface area contributed by atoms with Crippen LogP contribution in [0.25, 0.3) is 0 Å². The van der Waals surface area contributed by atoms with Gasteiger partial charge in [-0.2, -0.15) is 0 Å². The van der Waals surface area contributed by atoms with Crippen LogP contribution in [-0.2, 0) is 0 Å². The normalized spacial score (nSPS) is 21.0. The molecule has 0 atom stereocenters. The Balaban J connectivity index is 2.49. The van der Waals surface area contributed by atoms with Crippen molar-refractivity contribution in [2.24, 2.45) is 0 Å². The Morgan fingerprint density at radius 3 is 2.23 bits per heavy atom. The maximum Gasteiger partial charge on any atom is 0.0610 e. The van der Waals surface area contributed by atoms with Gasteiger partial charge in [-0.05, 0) is 33.7 Å². The molecular weight excluding hydrogens is 162 g/mol. The van der Waals surface area contributed by atoms with Gasteiger partial charge in [0.05, 0.1) is 6.61 Å². The lowest BCUT2D eigenvalue weighted by Gasteiger charge is -2.41. The van der Waals surface area contributed by atoms with Crippen molar-refractivity contribution in [2.45, 2.75) is 57.5 Å². The zero-order chi connectivity index (χ0) is 9.90. The minimum absolute atomic E-state index is 0.0536. The van der Waals surface area contributed by atoms with E-state index in [1.807, 2.05) is 0 Å². The van der Waals surface area contributed by atoms with E-state index >= 15 is 0 Å². The monoisotopic (exact) mass is 185 g/mol. The quantitative estimate of drug-likeness (QED) is 0.727. The molecule has 78 valence electrons. The third kappa shape index (κ3) is 2.68. The molecule has 0 spiro atoms. The largest absolute Gasteiger partial charge is 0.394 e. The number of hydrogen-bond donors (Lipinski definition) is 1. The number of hydrogen-bond acceptors (Lipinski definition) is 2. The van der Waals surface area contributed by atoms with Gasteiger partial charge in [0.25, 0.3) is 0 Å². The van der Waals surface area contributed by atoms with Gasteiger partial charge < -0.3 is 5.11 Å². The molecular formula is C11H23NO. The van der Waals surface area contributed by atoms with Gasteiger partial charge >= 0.3 is 0 Å². The summed E-state index contributed by atoms with van der Waals surface area (Å²) in [6.07, 6.45) is 6.72. The van der Waals surface area contributed by atoms with E-state index in [0.29, 0.717) is 6.04 Å². The molecule has 0 aromatic carbocycles. The fraction of sp³-hybridized carbons (Fsp3) is 1.00. The SMILES string of the molecule is CN(C1CCCCC1)C(C)(C)CO. The first-order chi connectivity index (χ1) is 6.08. The van der Waals surface area contributed by atoms with Crippen LogP contribution < -0.4 is 0 Å². The van der Waals surface area contributed by atoms with Crippen molar-refractivity contribution in [3.8, 4) is 0 Å². The molecule has 13 heavy (non-hydrogen) atoms. The summed E-state index contributed by atoms with van der Waals surface area (Å²) in [6.45, 7) is 4.48. The van der Waals surface area contributed by atoms with Crippen LogP contribution in [0, 0.1) is 0 Å². The van der Waals surface area contributed by atoms with Crippen LogP contribution in [0.1, 0.15) is 46.0 Å². The summed E-state index contributed by atoms with van der Waals surface area (Å²) in [5.74, 6) is 0. The van der Waals surface area contributed by atoms with Gasteiger partial charge in [-0.1, -0.05) is 19.3 Å². The highest BCUT2D eigenvalue weighted by Crippen LogP contribution is 2.26. The van der Waals surface area contributed by atoms with E-state index in [4.69, 9.17) is 0 Å². The predicted octanol–water partition coefficient (Wildman–Crippen LogP) is 2.02. The Labute approximate surface area is 81.9 Å². The van der Waals surface area contributed by atoms with Gasteiger partial charge in [-0.15, -0.1) is 0 Å². The standard InChI is InChI=1S/C11H23NO/c1-11(2,9-13)12(3)10-7-5-4-6-8-10/h10,13H,4-9H2,1-3H3. The third-order valence-corrected chi connectivity index (χ3v) is 3.46. The molecule has 0 aliphatic heterocycles. The second-order valence-corrected chi connectivity index (χ2v) is 4.87. The van der Waals surface area contributed by atoms with E-state index < -0.39 is 0 Å². The number of aliphatic hydroxyl groups excluding tert-OH is 1. The summed E-state index contributed by atoms with van der Waals surface area (Å²) in [4.78, 5) is 2.35. The molecule has 1 saturated carbocycles. The molecule has 1 aliphatic rings. The zero-order valence-corrected chi connectivity index (χ0v) is 9.21. The molecule has 1 N–H and O–H groups in total. The summed E-state index contributed by atoms with van der Waals surface area (Å²) >= 11 is 0. The van der Waals surface area contributed by atoms with Crippen LogP contribution >= 0.6 is 0 Å². The van der Waals surface area contributed by atoms with Gasteiger partial charge in [-0.3, -0.25) is 4.90 Å². The summed E-state index contributed by atoms with van der Waals surface area (Å²) < 4.78 is 0. The summed E-state index contributed by atoms with van der Waals surface area (Å²) in [5, 5.41) is 9.25. The molecule has 1 fully saturated rings. The van der Waals surface area contributed by atoms with Gasteiger partial charge in [0.2, 0.25) is 0 Å². The Bertz CT molecular complexity index is 150. The topological polar surface area (TPSA) is 23.5 Å². The highest BCUT2D eigenvalue weighted by Gasteiger charge is 2.29. The van der Waals surface area contributed by atoms with Gasteiger partial charge in [-0.25, -0.2) is 0 Å². The molecule has 0 aromatic heterocycles. The fourth-order valence-corrected chi connectivity index (χ4v) is 2.07. The minimum Gasteiger partial charge on any atom is -0.394 e. The lowest BCUT2D eigenvalue weighted by atomic mass is 9.91. The molecule has 2 nitrogen and oxygen atoms in total. The molecule has 0 saturated heterocycles. The van der Waals surface area contributed by atoms with E-state index in [1.165, 1.54) is 32.1 Å². The highest BCUT2D eigenvalue weighted by molar-refractivity contribution is 4.85. The molecule has 1 aliphatic carbocycles. The van der Waals surface area contributed by atoms with Crippen LogP contribution in [0.15, 0.2) is 0 Å². The summed E-state index contributed by atoms with van der Waals surface area (Å²) in [5.41, 5.74) is -0.0536. The van der Waals surface area contributed by atoms with Crippen molar-refractivity contribution in [1.82, 2.24) is 4.90 Å². The Morgan fingerprint density at radius 2 is 1.77 bits per heavy atom. The third-order valence-electron chi connectivity index (χ3n) is 3.46. The smallest absolute Gasteiger partial charge is 0.0610 e. The first-order valence-electron chi connectivity index (χ1n) is 5.42. The molecule has 0 amide bonds. The molecule has 0 radical (unpaired) electrons. The average molecular weight is 185 g/mol. The van der Waals surface area contributed by atoms with Crippen LogP contribution in [0.5, 0.6) is 0 Å². The second kappa shape index (κ2) is 4.43. The molecule has 0 unspecified atom stereocenters. The number of nitrogens with zero attached hydrogens (tertiary/aromatic N) is 1. The van der Waals surface area contributed by atoms with Crippen molar-refractivity contribution in [3.05, 3.63) is 0 Å². The Kier molecular flexibility index (Phi) is 3.74. The zero-order valence-electron chi connectivity index (χ0n) is 9.21. The van der Waals surface area contributed by atoms with E-state index in [-0.39, 0.29) is 12.1 Å². The maximum absolute atomic E-state index is 9.25. The molecule has 0 aromatic rings. The van der Waals surface area contributed by atoms with Crippen molar-refractivity contribution in [2.75, 3.05) is 13.7 Å². The van der Waals surface area contributed by atoms with Gasteiger partial charge in [0.1, 0.15) is 0 Å². The first-order valence-corrected chi connectivity index (χ1v) is 5.42. The lowest BCUT2D eigenvalue weighted by molar-refractivity contribution is 0.0317. The van der Waals surface area contributed by atoms with E-state index in [9.17, 15) is 5.11 Å². The predicted molar refractivity (Wildman–Crippen MR) is 55.8 cm³/mol. The van der Waals surface area contributed by atoms with Crippen LogP contribution in [0.3, 0.4) is 0 Å². The van der Waals surface area contributed by atoms with E-state index in [0.717, 1.165) is 0 Å². The van der Waals surface area contributed by atoms with Gasteiger partial charge in [0, 0.05) is 11.6 Å². The van der Waals surface area contributed by atoms with Crippen LogP contribution in [0.2, 0.25) is 0 Å². The first kappa shape index (κ1) is 11.0. The van der Waals surface area contributed by atoms with Crippen LogP contribution in [-0.4, -0.2) is 35.2 Å². The van der Waals surface area contributed by atoms with Crippen molar-refractivity contribution in [3.63, 3.8) is 0 Å². The summed E-state index contributed by atoms with van der Waals surface area (Å²) in [6, 6.07) is 0.691. The molecule has 0 bridgehead atoms. The average Bonchev–Trinajstić information content (AvgIpc) is 2.18. The van der Waals surface area contributed by atoms with Crippen molar-refractivity contribution < 1.29 is 5.11 Å². The number of rotatable bonds is 3. The lowest BCUT2D eigenvalue weighted by Crippen LogP contribution is -2.50. The molecule has 0 heterocycles. The van der Waals surface area contributed by atoms with Crippen molar-refractivity contribution in [1.29, 1.82) is 0 Å².